The quantitative estimate of drug-likeness (QED) is 0.510. The standard InChI is InChI=1S/C22H20N4OS/c27-21(12-7-17-15-24-26(16-17)20-5-2-1-3-6-20)18-8-10-19(11-9-18)25-22-23-13-4-14-28-22/h1-3,5-12,15-16H,4,13-14H2,(H,23,25)/b12-7+. The first kappa shape index (κ1) is 18.3. The van der Waals surface area contributed by atoms with Crippen molar-refractivity contribution in [2.24, 2.45) is 4.99 Å². The number of ketones is 1. The summed E-state index contributed by atoms with van der Waals surface area (Å²) in [5.41, 5.74) is 3.45. The molecule has 1 aromatic heterocycles. The van der Waals surface area contributed by atoms with Gasteiger partial charge in [0.2, 0.25) is 0 Å². The molecular formula is C22H20N4OS. The van der Waals surface area contributed by atoms with Gasteiger partial charge in [-0.25, -0.2) is 4.68 Å². The number of allylic oxidation sites excluding steroid dienone is 1. The highest BCUT2D eigenvalue weighted by Crippen LogP contribution is 2.17. The minimum Gasteiger partial charge on any atom is -0.335 e. The Morgan fingerprint density at radius 3 is 2.68 bits per heavy atom. The van der Waals surface area contributed by atoms with Crippen LogP contribution in [0, 0.1) is 0 Å². The lowest BCUT2D eigenvalue weighted by atomic mass is 10.1. The van der Waals surface area contributed by atoms with Crippen LogP contribution in [0.25, 0.3) is 11.8 Å². The zero-order chi connectivity index (χ0) is 19.2. The minimum absolute atomic E-state index is 0.0385. The number of anilines is 1. The number of hydrogen-bond donors (Lipinski definition) is 1. The summed E-state index contributed by atoms with van der Waals surface area (Å²) in [6, 6.07) is 17.3. The van der Waals surface area contributed by atoms with Crippen molar-refractivity contribution in [2.45, 2.75) is 6.42 Å². The predicted molar refractivity (Wildman–Crippen MR) is 116 cm³/mol. The van der Waals surface area contributed by atoms with Crippen LogP contribution in [-0.4, -0.2) is 33.0 Å². The van der Waals surface area contributed by atoms with Gasteiger partial charge in [-0.05, 0) is 55.0 Å². The summed E-state index contributed by atoms with van der Waals surface area (Å²) in [5.74, 6) is 1.05. The van der Waals surface area contributed by atoms with Gasteiger partial charge < -0.3 is 5.32 Å². The van der Waals surface area contributed by atoms with Crippen LogP contribution >= 0.6 is 11.8 Å². The Morgan fingerprint density at radius 2 is 1.93 bits per heavy atom. The molecule has 0 saturated carbocycles. The highest BCUT2D eigenvalue weighted by molar-refractivity contribution is 8.14. The summed E-state index contributed by atoms with van der Waals surface area (Å²) in [7, 11) is 0. The molecule has 0 unspecified atom stereocenters. The van der Waals surface area contributed by atoms with E-state index in [1.165, 1.54) is 0 Å². The van der Waals surface area contributed by atoms with Gasteiger partial charge >= 0.3 is 0 Å². The molecule has 0 fully saturated rings. The van der Waals surface area contributed by atoms with Gasteiger partial charge in [0.1, 0.15) is 0 Å². The van der Waals surface area contributed by atoms with Gasteiger partial charge in [0.15, 0.2) is 11.0 Å². The van der Waals surface area contributed by atoms with E-state index in [0.29, 0.717) is 5.56 Å². The summed E-state index contributed by atoms with van der Waals surface area (Å²) >= 11 is 1.73. The van der Waals surface area contributed by atoms with Gasteiger partial charge in [0.25, 0.3) is 0 Å². The van der Waals surface area contributed by atoms with E-state index in [2.05, 4.69) is 15.4 Å². The molecule has 3 aromatic rings. The summed E-state index contributed by atoms with van der Waals surface area (Å²) < 4.78 is 1.79. The zero-order valence-corrected chi connectivity index (χ0v) is 16.1. The van der Waals surface area contributed by atoms with E-state index in [0.717, 1.165) is 40.8 Å². The molecule has 0 atom stereocenters. The number of aromatic nitrogens is 2. The second kappa shape index (κ2) is 8.71. The van der Waals surface area contributed by atoms with Crippen molar-refractivity contribution in [2.75, 3.05) is 17.6 Å². The second-order valence-electron chi connectivity index (χ2n) is 6.34. The summed E-state index contributed by atoms with van der Waals surface area (Å²) in [4.78, 5) is 16.9. The molecule has 5 nitrogen and oxygen atoms in total. The highest BCUT2D eigenvalue weighted by Gasteiger charge is 2.07. The number of amidine groups is 1. The lowest BCUT2D eigenvalue weighted by Gasteiger charge is -2.13. The van der Waals surface area contributed by atoms with Crippen LogP contribution in [0.2, 0.25) is 0 Å². The number of aliphatic imine (C=N–C) groups is 1. The first-order valence-corrected chi connectivity index (χ1v) is 10.1. The number of nitrogens with one attached hydrogen (secondary N) is 1. The molecule has 0 amide bonds. The molecule has 6 heteroatoms. The van der Waals surface area contributed by atoms with Crippen LogP contribution in [-0.2, 0) is 0 Å². The van der Waals surface area contributed by atoms with Crippen LogP contribution < -0.4 is 5.32 Å². The van der Waals surface area contributed by atoms with Crippen LogP contribution in [0.15, 0.2) is 78.1 Å². The van der Waals surface area contributed by atoms with E-state index in [9.17, 15) is 4.79 Å². The van der Waals surface area contributed by atoms with E-state index in [1.54, 1.807) is 34.8 Å². The topological polar surface area (TPSA) is 59.3 Å². The number of benzene rings is 2. The Morgan fingerprint density at radius 1 is 1.11 bits per heavy atom. The lowest BCUT2D eigenvalue weighted by molar-refractivity contribution is 0.104. The lowest BCUT2D eigenvalue weighted by Crippen LogP contribution is -2.13. The smallest absolute Gasteiger partial charge is 0.185 e. The third-order valence-electron chi connectivity index (χ3n) is 4.27. The highest BCUT2D eigenvalue weighted by atomic mass is 32.2. The van der Waals surface area contributed by atoms with Crippen LogP contribution in [0.4, 0.5) is 5.69 Å². The average Bonchev–Trinajstić information content (AvgIpc) is 3.23. The Labute approximate surface area is 168 Å². The van der Waals surface area contributed by atoms with Crippen LogP contribution in [0.3, 0.4) is 0 Å². The van der Waals surface area contributed by atoms with Gasteiger partial charge in [-0.15, -0.1) is 0 Å². The summed E-state index contributed by atoms with van der Waals surface area (Å²) in [6.45, 7) is 0.873. The number of hydrogen-bond acceptors (Lipinski definition) is 5. The molecule has 1 aliphatic rings. The first-order valence-electron chi connectivity index (χ1n) is 9.15. The molecular weight excluding hydrogens is 368 g/mol. The van der Waals surface area contributed by atoms with Gasteiger partial charge in [0.05, 0.1) is 11.9 Å². The third-order valence-corrected chi connectivity index (χ3v) is 5.27. The van der Waals surface area contributed by atoms with Crippen molar-refractivity contribution in [3.63, 3.8) is 0 Å². The molecule has 2 aromatic carbocycles. The molecule has 0 radical (unpaired) electrons. The van der Waals surface area contributed by atoms with Crippen LogP contribution in [0.1, 0.15) is 22.3 Å². The Hall–Kier alpha value is -3.12. The monoisotopic (exact) mass is 388 g/mol. The Kier molecular flexibility index (Phi) is 5.68. The maximum absolute atomic E-state index is 12.4. The van der Waals surface area contributed by atoms with Gasteiger partial charge in [0, 0.05) is 35.3 Å². The number of carbonyl (C=O) groups is 1. The number of carbonyl (C=O) groups excluding carboxylic acids is 1. The fourth-order valence-corrected chi connectivity index (χ4v) is 3.63. The van der Waals surface area contributed by atoms with E-state index in [1.807, 2.05) is 60.8 Å². The van der Waals surface area contributed by atoms with E-state index >= 15 is 0 Å². The van der Waals surface area contributed by atoms with Crippen molar-refractivity contribution in [3.05, 3.63) is 84.2 Å². The van der Waals surface area contributed by atoms with Crippen molar-refractivity contribution < 1.29 is 4.79 Å². The molecule has 4 rings (SSSR count). The molecule has 0 bridgehead atoms. The average molecular weight is 388 g/mol. The Balaban J connectivity index is 1.39. The molecule has 0 saturated heterocycles. The maximum Gasteiger partial charge on any atom is 0.185 e. The van der Waals surface area contributed by atoms with Crippen molar-refractivity contribution >= 4 is 34.5 Å². The predicted octanol–water partition coefficient (Wildman–Crippen LogP) is 4.67. The number of para-hydroxylation sites is 1. The van der Waals surface area contributed by atoms with Crippen molar-refractivity contribution in [1.82, 2.24) is 9.78 Å². The van der Waals surface area contributed by atoms with E-state index < -0.39 is 0 Å². The van der Waals surface area contributed by atoms with Crippen molar-refractivity contribution in [1.29, 1.82) is 0 Å². The SMILES string of the molecule is O=C(/C=C/c1cnn(-c2ccccc2)c1)c1ccc(NC2=NCCCS2)cc1. The number of nitrogens with zero attached hydrogens (tertiary/aromatic N) is 3. The van der Waals surface area contributed by atoms with E-state index in [4.69, 9.17) is 0 Å². The molecule has 2 heterocycles. The molecule has 1 aliphatic heterocycles. The normalized spacial score (nSPS) is 14.1. The fourth-order valence-electron chi connectivity index (χ4n) is 2.79. The van der Waals surface area contributed by atoms with Crippen LogP contribution in [0.5, 0.6) is 0 Å². The maximum atomic E-state index is 12.4. The van der Waals surface area contributed by atoms with Crippen molar-refractivity contribution in [3.8, 4) is 5.69 Å². The van der Waals surface area contributed by atoms with Gasteiger partial charge in [-0.1, -0.05) is 30.0 Å². The van der Waals surface area contributed by atoms with Gasteiger partial charge in [-0.2, -0.15) is 5.10 Å². The summed E-state index contributed by atoms with van der Waals surface area (Å²) in [5, 5.41) is 8.58. The Bertz CT molecular complexity index is 1010. The molecule has 0 aliphatic carbocycles. The number of thioether (sulfide) groups is 1. The first-order chi connectivity index (χ1) is 13.8. The number of rotatable bonds is 5. The second-order valence-corrected chi connectivity index (χ2v) is 7.43. The van der Waals surface area contributed by atoms with E-state index in [-0.39, 0.29) is 5.78 Å². The molecule has 140 valence electrons. The molecule has 28 heavy (non-hydrogen) atoms. The molecule has 0 spiro atoms. The largest absolute Gasteiger partial charge is 0.335 e. The fraction of sp³-hybridized carbons (Fsp3) is 0.136. The minimum atomic E-state index is -0.0385. The zero-order valence-electron chi connectivity index (χ0n) is 15.3. The third kappa shape index (κ3) is 4.58. The molecule has 1 N–H and O–H groups in total. The van der Waals surface area contributed by atoms with Gasteiger partial charge in [-0.3, -0.25) is 9.79 Å². The summed E-state index contributed by atoms with van der Waals surface area (Å²) in [6.07, 6.45) is 8.13.